The predicted octanol–water partition coefficient (Wildman–Crippen LogP) is 0.690. The minimum atomic E-state index is -0.633. The Morgan fingerprint density at radius 2 is 2.40 bits per heavy atom. The highest BCUT2D eigenvalue weighted by molar-refractivity contribution is 5.71. The summed E-state index contributed by atoms with van der Waals surface area (Å²) in [5.41, 5.74) is -0.633. The first-order valence-electron chi connectivity index (χ1n) is 5.56. The number of aliphatic hydroxyl groups is 1. The molecule has 1 fully saturated rings. The lowest BCUT2D eigenvalue weighted by Crippen LogP contribution is -2.45. The second kappa shape index (κ2) is 5.47. The van der Waals surface area contributed by atoms with Crippen LogP contribution in [0.3, 0.4) is 0 Å². The summed E-state index contributed by atoms with van der Waals surface area (Å²) in [5.74, 6) is 0.283. The van der Waals surface area contributed by atoms with E-state index >= 15 is 0 Å². The number of methoxy groups -OCH3 is 1. The van der Waals surface area contributed by atoms with Gasteiger partial charge >= 0.3 is 5.97 Å². The number of esters is 1. The van der Waals surface area contributed by atoms with Gasteiger partial charge in [0.2, 0.25) is 0 Å². The van der Waals surface area contributed by atoms with Crippen LogP contribution in [0, 0.1) is 5.92 Å². The Morgan fingerprint density at radius 1 is 1.67 bits per heavy atom. The lowest BCUT2D eigenvalue weighted by atomic mass is 9.79. The van der Waals surface area contributed by atoms with E-state index in [0.717, 1.165) is 19.3 Å². The van der Waals surface area contributed by atoms with Gasteiger partial charge in [0, 0.05) is 6.54 Å². The molecule has 2 N–H and O–H groups in total. The number of carbonyl (C=O) groups excluding carboxylic acids is 1. The van der Waals surface area contributed by atoms with Gasteiger partial charge in [-0.05, 0) is 18.8 Å². The summed E-state index contributed by atoms with van der Waals surface area (Å²) in [7, 11) is 1.36. The third-order valence-electron chi connectivity index (χ3n) is 3.02. The van der Waals surface area contributed by atoms with Crippen LogP contribution >= 0.6 is 0 Å². The fourth-order valence-electron chi connectivity index (χ4n) is 2.26. The molecule has 1 aliphatic rings. The van der Waals surface area contributed by atoms with Crippen molar-refractivity contribution in [3.8, 4) is 0 Å². The summed E-state index contributed by atoms with van der Waals surface area (Å²) in [5, 5.41) is 13.2. The largest absolute Gasteiger partial charge is 0.468 e. The number of carbonyl (C=O) groups is 1. The molecule has 0 heterocycles. The van der Waals surface area contributed by atoms with E-state index in [1.54, 1.807) is 0 Å². The molecule has 4 nitrogen and oxygen atoms in total. The standard InChI is InChI=1S/C11H21NO3/c1-9-4-3-5-11(14,6-9)8-12-7-10(13)15-2/h9,12,14H,3-8H2,1-2H3. The van der Waals surface area contributed by atoms with Crippen LogP contribution < -0.4 is 5.32 Å². The molecule has 0 aromatic carbocycles. The van der Waals surface area contributed by atoms with E-state index in [2.05, 4.69) is 17.0 Å². The van der Waals surface area contributed by atoms with Crippen molar-refractivity contribution < 1.29 is 14.6 Å². The molecule has 0 amide bonds. The quantitative estimate of drug-likeness (QED) is 0.677. The van der Waals surface area contributed by atoms with Gasteiger partial charge in [0.05, 0.1) is 19.3 Å². The second-order valence-corrected chi connectivity index (χ2v) is 4.61. The Balaban J connectivity index is 2.26. The van der Waals surface area contributed by atoms with Crippen LogP contribution in [0.25, 0.3) is 0 Å². The molecule has 0 saturated heterocycles. The van der Waals surface area contributed by atoms with Gasteiger partial charge in [-0.15, -0.1) is 0 Å². The van der Waals surface area contributed by atoms with E-state index in [0.29, 0.717) is 12.5 Å². The highest BCUT2D eigenvalue weighted by atomic mass is 16.5. The first kappa shape index (κ1) is 12.5. The molecule has 0 aromatic rings. The van der Waals surface area contributed by atoms with Crippen LogP contribution in [0.1, 0.15) is 32.6 Å². The molecule has 0 spiro atoms. The molecule has 88 valence electrons. The number of hydrogen-bond acceptors (Lipinski definition) is 4. The molecule has 1 saturated carbocycles. The third kappa shape index (κ3) is 4.18. The van der Waals surface area contributed by atoms with Crippen molar-refractivity contribution in [2.24, 2.45) is 5.92 Å². The minimum absolute atomic E-state index is 0.174. The molecule has 0 aromatic heterocycles. The summed E-state index contributed by atoms with van der Waals surface area (Å²) < 4.78 is 4.51. The zero-order valence-electron chi connectivity index (χ0n) is 9.58. The molecule has 1 aliphatic carbocycles. The van der Waals surface area contributed by atoms with Gasteiger partial charge in [-0.2, -0.15) is 0 Å². The number of rotatable bonds is 4. The Bertz CT molecular complexity index is 220. The predicted molar refractivity (Wildman–Crippen MR) is 57.5 cm³/mol. The smallest absolute Gasteiger partial charge is 0.319 e. The van der Waals surface area contributed by atoms with Crippen LogP contribution in [0.4, 0.5) is 0 Å². The molecule has 0 radical (unpaired) electrons. The summed E-state index contributed by atoms with van der Waals surface area (Å²) in [6.45, 7) is 2.81. The maximum absolute atomic E-state index is 10.9. The molecule has 2 atom stereocenters. The van der Waals surface area contributed by atoms with E-state index < -0.39 is 5.60 Å². The van der Waals surface area contributed by atoms with Crippen molar-refractivity contribution >= 4 is 5.97 Å². The first-order chi connectivity index (χ1) is 7.06. The van der Waals surface area contributed by atoms with Crippen LogP contribution in [0.5, 0.6) is 0 Å². The molecule has 15 heavy (non-hydrogen) atoms. The fourth-order valence-corrected chi connectivity index (χ4v) is 2.26. The van der Waals surface area contributed by atoms with Crippen molar-refractivity contribution in [1.82, 2.24) is 5.32 Å². The molecule has 4 heteroatoms. The van der Waals surface area contributed by atoms with E-state index in [1.165, 1.54) is 13.5 Å². The molecular formula is C11H21NO3. The SMILES string of the molecule is COC(=O)CNCC1(O)CCCC(C)C1. The van der Waals surface area contributed by atoms with Gasteiger partial charge in [0.15, 0.2) is 0 Å². The van der Waals surface area contributed by atoms with Gasteiger partial charge in [-0.25, -0.2) is 0 Å². The van der Waals surface area contributed by atoms with E-state index in [9.17, 15) is 9.90 Å². The van der Waals surface area contributed by atoms with E-state index in [1.807, 2.05) is 0 Å². The van der Waals surface area contributed by atoms with Gasteiger partial charge in [-0.3, -0.25) is 4.79 Å². The molecular weight excluding hydrogens is 194 g/mol. The molecule has 2 unspecified atom stereocenters. The summed E-state index contributed by atoms with van der Waals surface area (Å²) in [6, 6.07) is 0. The van der Waals surface area contributed by atoms with Crippen molar-refractivity contribution in [2.75, 3.05) is 20.2 Å². The second-order valence-electron chi connectivity index (χ2n) is 4.61. The van der Waals surface area contributed by atoms with Crippen LogP contribution in [0.15, 0.2) is 0 Å². The van der Waals surface area contributed by atoms with Gasteiger partial charge < -0.3 is 15.2 Å². The average Bonchev–Trinajstić information content (AvgIpc) is 2.16. The van der Waals surface area contributed by atoms with Crippen molar-refractivity contribution in [1.29, 1.82) is 0 Å². The zero-order valence-corrected chi connectivity index (χ0v) is 9.58. The Hall–Kier alpha value is -0.610. The Morgan fingerprint density at radius 3 is 3.00 bits per heavy atom. The zero-order chi connectivity index (χ0) is 11.3. The average molecular weight is 215 g/mol. The third-order valence-corrected chi connectivity index (χ3v) is 3.02. The Labute approximate surface area is 91.0 Å². The summed E-state index contributed by atoms with van der Waals surface area (Å²) >= 11 is 0. The maximum Gasteiger partial charge on any atom is 0.319 e. The van der Waals surface area contributed by atoms with E-state index in [4.69, 9.17) is 0 Å². The monoisotopic (exact) mass is 215 g/mol. The number of nitrogens with one attached hydrogen (secondary N) is 1. The van der Waals surface area contributed by atoms with Crippen molar-refractivity contribution in [2.45, 2.75) is 38.2 Å². The normalized spacial score (nSPS) is 31.3. The summed E-state index contributed by atoms with van der Waals surface area (Å²) in [4.78, 5) is 10.9. The number of hydrogen-bond donors (Lipinski definition) is 2. The Kier molecular flexibility index (Phi) is 4.54. The van der Waals surface area contributed by atoms with Crippen LogP contribution in [0.2, 0.25) is 0 Å². The van der Waals surface area contributed by atoms with Gasteiger partial charge in [0.1, 0.15) is 0 Å². The van der Waals surface area contributed by atoms with Gasteiger partial charge in [0.25, 0.3) is 0 Å². The topological polar surface area (TPSA) is 58.6 Å². The van der Waals surface area contributed by atoms with Crippen molar-refractivity contribution in [3.63, 3.8) is 0 Å². The number of ether oxygens (including phenoxy) is 1. The lowest BCUT2D eigenvalue weighted by molar-refractivity contribution is -0.139. The highest BCUT2D eigenvalue weighted by Crippen LogP contribution is 2.31. The highest BCUT2D eigenvalue weighted by Gasteiger charge is 2.32. The minimum Gasteiger partial charge on any atom is -0.468 e. The van der Waals surface area contributed by atoms with Crippen molar-refractivity contribution in [3.05, 3.63) is 0 Å². The maximum atomic E-state index is 10.9. The molecule has 0 bridgehead atoms. The van der Waals surface area contributed by atoms with Gasteiger partial charge in [-0.1, -0.05) is 19.8 Å². The van der Waals surface area contributed by atoms with E-state index in [-0.39, 0.29) is 12.5 Å². The lowest BCUT2D eigenvalue weighted by Gasteiger charge is -2.35. The first-order valence-corrected chi connectivity index (χ1v) is 5.56. The van der Waals surface area contributed by atoms with Crippen LogP contribution in [-0.2, 0) is 9.53 Å². The summed E-state index contributed by atoms with van der Waals surface area (Å²) in [6.07, 6.45) is 3.91. The fraction of sp³-hybridized carbons (Fsp3) is 0.909. The van der Waals surface area contributed by atoms with Crippen LogP contribution in [-0.4, -0.2) is 36.9 Å². The molecule has 0 aliphatic heterocycles. The molecule has 1 rings (SSSR count).